The second kappa shape index (κ2) is 7.97. The number of carbonyl (C=O) groups is 1. The van der Waals surface area contributed by atoms with Gasteiger partial charge in [-0.3, -0.25) is 4.79 Å². The van der Waals surface area contributed by atoms with E-state index in [1.807, 2.05) is 38.1 Å². The monoisotopic (exact) mass is 293 g/mol. The number of hydrogen-bond acceptors (Lipinski definition) is 3. The molecule has 1 aromatic carbocycles. The molecule has 0 spiro atoms. The van der Waals surface area contributed by atoms with Crippen LogP contribution < -0.4 is 5.73 Å². The summed E-state index contributed by atoms with van der Waals surface area (Å²) in [7, 11) is 4.06. The Morgan fingerprint density at radius 2 is 1.90 bits per heavy atom. The zero-order valence-corrected chi connectivity index (χ0v) is 13.2. The van der Waals surface area contributed by atoms with Crippen molar-refractivity contribution < 1.29 is 4.79 Å². The van der Waals surface area contributed by atoms with Crippen molar-refractivity contribution >= 4 is 23.1 Å². The van der Waals surface area contributed by atoms with Gasteiger partial charge in [-0.15, -0.1) is 0 Å². The molecular weight excluding hydrogens is 270 g/mol. The van der Waals surface area contributed by atoms with E-state index in [0.717, 1.165) is 25.1 Å². The first-order chi connectivity index (χ1) is 9.45. The van der Waals surface area contributed by atoms with Gasteiger partial charge < -0.3 is 15.5 Å². The Kier molecular flexibility index (Phi) is 6.61. The first-order valence-electron chi connectivity index (χ1n) is 6.79. The highest BCUT2D eigenvalue weighted by molar-refractivity contribution is 7.80. The van der Waals surface area contributed by atoms with Gasteiger partial charge in [0.05, 0.1) is 0 Å². The van der Waals surface area contributed by atoms with Gasteiger partial charge in [-0.1, -0.05) is 24.4 Å². The van der Waals surface area contributed by atoms with Crippen molar-refractivity contribution in [3.8, 4) is 0 Å². The number of thiocarbonyl (C=S) groups is 1. The average molecular weight is 293 g/mol. The van der Waals surface area contributed by atoms with E-state index in [9.17, 15) is 4.79 Å². The molecule has 0 saturated heterocycles. The molecule has 110 valence electrons. The third-order valence-electron chi connectivity index (χ3n) is 3.10. The Hall–Kier alpha value is -1.46. The van der Waals surface area contributed by atoms with E-state index in [-0.39, 0.29) is 5.91 Å². The van der Waals surface area contributed by atoms with Gasteiger partial charge in [0.25, 0.3) is 5.91 Å². The number of benzene rings is 1. The molecule has 0 radical (unpaired) electrons. The first-order valence-corrected chi connectivity index (χ1v) is 7.20. The molecule has 4 nitrogen and oxygen atoms in total. The smallest absolute Gasteiger partial charge is 0.253 e. The molecule has 2 N–H and O–H groups in total. The van der Waals surface area contributed by atoms with Crippen LogP contribution in [0, 0.1) is 0 Å². The van der Waals surface area contributed by atoms with E-state index in [0.29, 0.717) is 17.1 Å². The summed E-state index contributed by atoms with van der Waals surface area (Å²) in [6.45, 7) is 4.41. The van der Waals surface area contributed by atoms with Crippen molar-refractivity contribution in [2.24, 2.45) is 5.73 Å². The van der Waals surface area contributed by atoms with Gasteiger partial charge in [-0.25, -0.2) is 0 Å². The zero-order chi connectivity index (χ0) is 15.1. The first kappa shape index (κ1) is 16.6. The summed E-state index contributed by atoms with van der Waals surface area (Å²) >= 11 is 4.95. The molecular formula is C15H23N3OS. The molecule has 20 heavy (non-hydrogen) atoms. The van der Waals surface area contributed by atoms with Crippen LogP contribution in [0.15, 0.2) is 24.3 Å². The van der Waals surface area contributed by atoms with Crippen LogP contribution in [0.2, 0.25) is 0 Å². The van der Waals surface area contributed by atoms with E-state index in [4.69, 9.17) is 18.0 Å². The molecule has 0 unspecified atom stereocenters. The fourth-order valence-electron chi connectivity index (χ4n) is 1.97. The molecule has 1 rings (SSSR count). The highest BCUT2D eigenvalue weighted by Crippen LogP contribution is 2.09. The molecule has 5 heteroatoms. The molecule has 0 heterocycles. The summed E-state index contributed by atoms with van der Waals surface area (Å²) in [5.74, 6) is 0.0318. The minimum absolute atomic E-state index is 0.0318. The van der Waals surface area contributed by atoms with Crippen molar-refractivity contribution in [1.29, 1.82) is 0 Å². The molecule has 0 aliphatic heterocycles. The van der Waals surface area contributed by atoms with E-state index in [1.165, 1.54) is 0 Å². The van der Waals surface area contributed by atoms with Gasteiger partial charge in [0.15, 0.2) is 0 Å². The molecule has 0 atom stereocenters. The fourth-order valence-corrected chi connectivity index (χ4v) is 2.10. The van der Waals surface area contributed by atoms with Gasteiger partial charge in [0, 0.05) is 24.2 Å². The summed E-state index contributed by atoms with van der Waals surface area (Å²) in [6.07, 6.45) is 0.960. The lowest BCUT2D eigenvalue weighted by molar-refractivity contribution is 0.0759. The minimum Gasteiger partial charge on any atom is -0.389 e. The van der Waals surface area contributed by atoms with Crippen LogP contribution in [0.5, 0.6) is 0 Å². The summed E-state index contributed by atoms with van der Waals surface area (Å²) in [4.78, 5) is 16.7. The number of amides is 1. The molecule has 0 aromatic heterocycles. The summed E-state index contributed by atoms with van der Waals surface area (Å²) in [5, 5.41) is 0. The van der Waals surface area contributed by atoms with Crippen molar-refractivity contribution in [1.82, 2.24) is 9.80 Å². The van der Waals surface area contributed by atoms with Gasteiger partial charge >= 0.3 is 0 Å². The third-order valence-corrected chi connectivity index (χ3v) is 3.33. The van der Waals surface area contributed by atoms with Gasteiger partial charge in [-0.2, -0.15) is 0 Å². The SMILES string of the molecule is CCN(CCCN(C)C)C(=O)c1cccc(C(N)=S)c1. The lowest BCUT2D eigenvalue weighted by atomic mass is 10.1. The number of nitrogens with zero attached hydrogens (tertiary/aromatic N) is 2. The maximum atomic E-state index is 12.5. The van der Waals surface area contributed by atoms with E-state index in [2.05, 4.69) is 4.90 Å². The third kappa shape index (κ3) is 4.90. The van der Waals surface area contributed by atoms with Crippen LogP contribution in [0.25, 0.3) is 0 Å². The molecule has 1 amide bonds. The minimum atomic E-state index is 0.0318. The maximum Gasteiger partial charge on any atom is 0.253 e. The summed E-state index contributed by atoms with van der Waals surface area (Å²) in [5.41, 5.74) is 6.98. The van der Waals surface area contributed by atoms with Crippen LogP contribution in [0.3, 0.4) is 0 Å². The lowest BCUT2D eigenvalue weighted by Crippen LogP contribution is -2.33. The van der Waals surface area contributed by atoms with Crippen molar-refractivity contribution in [2.45, 2.75) is 13.3 Å². The largest absolute Gasteiger partial charge is 0.389 e. The molecule has 0 saturated carbocycles. The summed E-state index contributed by atoms with van der Waals surface area (Å²) in [6, 6.07) is 7.20. The molecule has 1 aromatic rings. The Morgan fingerprint density at radius 3 is 2.45 bits per heavy atom. The second-order valence-electron chi connectivity index (χ2n) is 4.99. The number of carbonyl (C=O) groups excluding carboxylic acids is 1. The fraction of sp³-hybridized carbons (Fsp3) is 0.467. The van der Waals surface area contributed by atoms with Crippen molar-refractivity contribution in [3.63, 3.8) is 0 Å². The van der Waals surface area contributed by atoms with Crippen LogP contribution >= 0.6 is 12.2 Å². The van der Waals surface area contributed by atoms with Crippen LogP contribution in [0.1, 0.15) is 29.3 Å². The predicted octanol–water partition coefficient (Wildman–Crippen LogP) is 1.73. The Bertz CT molecular complexity index is 474. The Balaban J connectivity index is 2.75. The Labute approximate surface area is 126 Å². The second-order valence-corrected chi connectivity index (χ2v) is 5.43. The van der Waals surface area contributed by atoms with Gasteiger partial charge in [0.2, 0.25) is 0 Å². The lowest BCUT2D eigenvalue weighted by Gasteiger charge is -2.22. The molecule has 0 aliphatic rings. The molecule has 0 aliphatic carbocycles. The quantitative estimate of drug-likeness (QED) is 0.778. The standard InChI is InChI=1S/C15H23N3OS/c1-4-18(10-6-9-17(2)3)15(19)13-8-5-7-12(11-13)14(16)20/h5,7-8,11H,4,6,9-10H2,1-3H3,(H2,16,20). The maximum absolute atomic E-state index is 12.5. The number of hydrogen-bond donors (Lipinski definition) is 1. The number of rotatable bonds is 7. The summed E-state index contributed by atoms with van der Waals surface area (Å²) < 4.78 is 0. The van der Waals surface area contributed by atoms with Crippen LogP contribution in [-0.2, 0) is 0 Å². The van der Waals surface area contributed by atoms with E-state index >= 15 is 0 Å². The predicted molar refractivity (Wildman–Crippen MR) is 87.1 cm³/mol. The topological polar surface area (TPSA) is 49.6 Å². The van der Waals surface area contributed by atoms with Gasteiger partial charge in [0.1, 0.15) is 4.99 Å². The molecule has 0 bridgehead atoms. The zero-order valence-electron chi connectivity index (χ0n) is 12.4. The average Bonchev–Trinajstić information content (AvgIpc) is 2.42. The van der Waals surface area contributed by atoms with Crippen molar-refractivity contribution in [2.75, 3.05) is 33.7 Å². The Morgan fingerprint density at radius 1 is 1.25 bits per heavy atom. The normalized spacial score (nSPS) is 10.6. The molecule has 0 fully saturated rings. The van der Waals surface area contributed by atoms with E-state index < -0.39 is 0 Å². The highest BCUT2D eigenvalue weighted by Gasteiger charge is 2.14. The van der Waals surface area contributed by atoms with Crippen molar-refractivity contribution in [3.05, 3.63) is 35.4 Å². The van der Waals surface area contributed by atoms with Crippen LogP contribution in [0.4, 0.5) is 0 Å². The van der Waals surface area contributed by atoms with Gasteiger partial charge in [-0.05, 0) is 46.1 Å². The highest BCUT2D eigenvalue weighted by atomic mass is 32.1. The number of nitrogens with two attached hydrogens (primary N) is 1. The van der Waals surface area contributed by atoms with E-state index in [1.54, 1.807) is 12.1 Å². The van der Waals surface area contributed by atoms with Crippen LogP contribution in [-0.4, -0.2) is 54.4 Å².